The number of piperidine rings is 2. The molecular formula is C22H28FN5O2. The highest BCUT2D eigenvalue weighted by molar-refractivity contribution is 5.92. The molecule has 1 aromatic heterocycles. The summed E-state index contributed by atoms with van der Waals surface area (Å²) in [6, 6.07) is 7.94. The van der Waals surface area contributed by atoms with Crippen molar-refractivity contribution in [2.45, 2.75) is 38.1 Å². The van der Waals surface area contributed by atoms with Gasteiger partial charge in [0.2, 0.25) is 5.91 Å². The molecule has 2 saturated heterocycles. The number of anilines is 3. The standard InChI is InChI=1S/C22H28FN5O2/c23-17-4-6-18(7-5-17)26-22(30)16-8-11-27(12-9-16)20-13-21(25-15-24-20)28-10-2-1-3-19(28)14-29/h4-7,13,15-16,19,29H,1-3,8-12,14H2,(H,26,30). The summed E-state index contributed by atoms with van der Waals surface area (Å²) < 4.78 is 13.0. The summed E-state index contributed by atoms with van der Waals surface area (Å²) in [6.07, 6.45) is 6.26. The molecule has 1 amide bonds. The minimum Gasteiger partial charge on any atom is -0.394 e. The Bertz CT molecular complexity index is 855. The minimum atomic E-state index is -0.319. The molecule has 2 N–H and O–H groups in total. The number of aliphatic hydroxyl groups is 1. The van der Waals surface area contributed by atoms with Crippen LogP contribution in [0.3, 0.4) is 0 Å². The van der Waals surface area contributed by atoms with E-state index >= 15 is 0 Å². The van der Waals surface area contributed by atoms with E-state index in [-0.39, 0.29) is 30.3 Å². The van der Waals surface area contributed by atoms with Crippen molar-refractivity contribution in [1.82, 2.24) is 9.97 Å². The highest BCUT2D eigenvalue weighted by atomic mass is 19.1. The third-order valence-electron chi connectivity index (χ3n) is 6.07. The van der Waals surface area contributed by atoms with E-state index in [1.807, 2.05) is 6.07 Å². The number of amides is 1. The molecule has 0 bridgehead atoms. The Kier molecular flexibility index (Phi) is 6.42. The van der Waals surface area contributed by atoms with Gasteiger partial charge in [-0.25, -0.2) is 14.4 Å². The first kappa shape index (κ1) is 20.5. The third-order valence-corrected chi connectivity index (χ3v) is 6.07. The summed E-state index contributed by atoms with van der Waals surface area (Å²) >= 11 is 0. The van der Waals surface area contributed by atoms with Gasteiger partial charge in [-0.2, -0.15) is 0 Å². The summed E-state index contributed by atoms with van der Waals surface area (Å²) in [4.78, 5) is 25.8. The summed E-state index contributed by atoms with van der Waals surface area (Å²) in [5.74, 6) is 1.30. The fourth-order valence-electron chi connectivity index (χ4n) is 4.31. The van der Waals surface area contributed by atoms with Crippen LogP contribution in [0.15, 0.2) is 36.7 Å². The van der Waals surface area contributed by atoms with Crippen LogP contribution < -0.4 is 15.1 Å². The molecular weight excluding hydrogens is 385 g/mol. The number of nitrogens with one attached hydrogen (secondary N) is 1. The molecule has 0 saturated carbocycles. The molecule has 2 aliphatic rings. The monoisotopic (exact) mass is 413 g/mol. The van der Waals surface area contributed by atoms with Crippen LogP contribution in [-0.2, 0) is 4.79 Å². The number of benzene rings is 1. The highest BCUT2D eigenvalue weighted by Crippen LogP contribution is 2.28. The van der Waals surface area contributed by atoms with Crippen molar-refractivity contribution in [1.29, 1.82) is 0 Å². The van der Waals surface area contributed by atoms with E-state index in [0.717, 1.165) is 63.4 Å². The smallest absolute Gasteiger partial charge is 0.227 e. The second-order valence-electron chi connectivity index (χ2n) is 8.02. The summed E-state index contributed by atoms with van der Waals surface area (Å²) in [5.41, 5.74) is 0.615. The molecule has 3 heterocycles. The van der Waals surface area contributed by atoms with Crippen LogP contribution >= 0.6 is 0 Å². The zero-order valence-electron chi connectivity index (χ0n) is 17.0. The average molecular weight is 413 g/mol. The number of halogens is 1. The van der Waals surface area contributed by atoms with Gasteiger partial charge in [-0.3, -0.25) is 4.79 Å². The van der Waals surface area contributed by atoms with Gasteiger partial charge in [0.05, 0.1) is 12.6 Å². The predicted molar refractivity (Wildman–Crippen MR) is 114 cm³/mol. The number of hydrogen-bond donors (Lipinski definition) is 2. The lowest BCUT2D eigenvalue weighted by Crippen LogP contribution is -2.42. The molecule has 2 aliphatic heterocycles. The molecule has 4 rings (SSSR count). The molecule has 1 unspecified atom stereocenters. The Balaban J connectivity index is 1.36. The number of nitrogens with zero attached hydrogens (tertiary/aromatic N) is 4. The van der Waals surface area contributed by atoms with Gasteiger partial charge < -0.3 is 20.2 Å². The second-order valence-corrected chi connectivity index (χ2v) is 8.02. The van der Waals surface area contributed by atoms with E-state index in [1.54, 1.807) is 18.5 Å². The first-order chi connectivity index (χ1) is 14.6. The maximum Gasteiger partial charge on any atom is 0.227 e. The number of hydrogen-bond acceptors (Lipinski definition) is 6. The number of aliphatic hydroxyl groups excluding tert-OH is 1. The number of carbonyl (C=O) groups excluding carboxylic acids is 1. The van der Waals surface area contributed by atoms with Crippen molar-refractivity contribution in [2.24, 2.45) is 5.92 Å². The highest BCUT2D eigenvalue weighted by Gasteiger charge is 2.27. The summed E-state index contributed by atoms with van der Waals surface area (Å²) in [5, 5.41) is 12.6. The largest absolute Gasteiger partial charge is 0.394 e. The molecule has 1 aromatic carbocycles. The average Bonchev–Trinajstić information content (AvgIpc) is 2.80. The van der Waals surface area contributed by atoms with E-state index in [9.17, 15) is 14.3 Å². The van der Waals surface area contributed by atoms with E-state index in [1.165, 1.54) is 12.1 Å². The molecule has 7 nitrogen and oxygen atoms in total. The van der Waals surface area contributed by atoms with Gasteiger partial charge in [-0.1, -0.05) is 0 Å². The van der Waals surface area contributed by atoms with Gasteiger partial charge in [0.15, 0.2) is 0 Å². The van der Waals surface area contributed by atoms with Gasteiger partial charge >= 0.3 is 0 Å². The molecule has 2 fully saturated rings. The molecule has 1 atom stereocenters. The van der Waals surface area contributed by atoms with Crippen LogP contribution in [0, 0.1) is 11.7 Å². The van der Waals surface area contributed by atoms with Crippen molar-refractivity contribution in [2.75, 3.05) is 41.4 Å². The van der Waals surface area contributed by atoms with Crippen LogP contribution in [-0.4, -0.2) is 53.3 Å². The van der Waals surface area contributed by atoms with Crippen LogP contribution in [0.2, 0.25) is 0 Å². The molecule has 30 heavy (non-hydrogen) atoms. The molecule has 0 radical (unpaired) electrons. The van der Waals surface area contributed by atoms with Crippen molar-refractivity contribution < 1.29 is 14.3 Å². The molecule has 160 valence electrons. The Morgan fingerprint density at radius 3 is 2.53 bits per heavy atom. The zero-order chi connectivity index (χ0) is 20.9. The zero-order valence-corrected chi connectivity index (χ0v) is 17.0. The lowest BCUT2D eigenvalue weighted by Gasteiger charge is -2.36. The van der Waals surface area contributed by atoms with Crippen LogP contribution in [0.5, 0.6) is 0 Å². The maximum atomic E-state index is 13.0. The van der Waals surface area contributed by atoms with E-state index in [2.05, 4.69) is 25.1 Å². The normalized spacial score (nSPS) is 20.3. The SMILES string of the molecule is O=C(Nc1ccc(F)cc1)C1CCN(c2cc(N3CCCCC3CO)ncn2)CC1. The van der Waals surface area contributed by atoms with Crippen molar-refractivity contribution in [3.8, 4) is 0 Å². The number of aromatic nitrogens is 2. The molecule has 2 aromatic rings. The Morgan fingerprint density at radius 2 is 1.80 bits per heavy atom. The lowest BCUT2D eigenvalue weighted by atomic mass is 9.95. The summed E-state index contributed by atoms with van der Waals surface area (Å²) in [7, 11) is 0. The van der Waals surface area contributed by atoms with E-state index in [0.29, 0.717) is 5.69 Å². The van der Waals surface area contributed by atoms with Gasteiger partial charge in [-0.05, 0) is 56.4 Å². The van der Waals surface area contributed by atoms with Crippen molar-refractivity contribution in [3.05, 3.63) is 42.5 Å². The number of rotatable bonds is 5. The van der Waals surface area contributed by atoms with Gasteiger partial charge in [0.25, 0.3) is 0 Å². The maximum absolute atomic E-state index is 13.0. The van der Waals surface area contributed by atoms with Crippen LogP contribution in [0.1, 0.15) is 32.1 Å². The fraction of sp³-hybridized carbons (Fsp3) is 0.500. The first-order valence-electron chi connectivity index (χ1n) is 10.6. The quantitative estimate of drug-likeness (QED) is 0.785. The molecule has 8 heteroatoms. The molecule has 0 aliphatic carbocycles. The minimum absolute atomic E-state index is 0.0243. The third kappa shape index (κ3) is 4.70. The Labute approximate surface area is 175 Å². The van der Waals surface area contributed by atoms with Crippen LogP contribution in [0.4, 0.5) is 21.7 Å². The topological polar surface area (TPSA) is 81.6 Å². The Morgan fingerprint density at radius 1 is 1.07 bits per heavy atom. The van der Waals surface area contributed by atoms with E-state index < -0.39 is 0 Å². The second kappa shape index (κ2) is 9.38. The van der Waals surface area contributed by atoms with Gasteiger partial charge in [-0.15, -0.1) is 0 Å². The van der Waals surface area contributed by atoms with Gasteiger partial charge in [0.1, 0.15) is 23.8 Å². The molecule has 0 spiro atoms. The summed E-state index contributed by atoms with van der Waals surface area (Å²) in [6.45, 7) is 2.50. The first-order valence-corrected chi connectivity index (χ1v) is 10.6. The van der Waals surface area contributed by atoms with Crippen molar-refractivity contribution >= 4 is 23.2 Å². The number of carbonyl (C=O) groups is 1. The van der Waals surface area contributed by atoms with Crippen LogP contribution in [0.25, 0.3) is 0 Å². The Hall–Kier alpha value is -2.74. The van der Waals surface area contributed by atoms with E-state index in [4.69, 9.17) is 0 Å². The predicted octanol–water partition coefficient (Wildman–Crippen LogP) is 2.82. The lowest BCUT2D eigenvalue weighted by molar-refractivity contribution is -0.120. The fourth-order valence-corrected chi connectivity index (χ4v) is 4.31. The van der Waals surface area contributed by atoms with Crippen molar-refractivity contribution in [3.63, 3.8) is 0 Å². The van der Waals surface area contributed by atoms with Gasteiger partial charge in [0, 0.05) is 37.3 Å².